The van der Waals surface area contributed by atoms with Crippen LogP contribution in [0.1, 0.15) is 51.0 Å². The van der Waals surface area contributed by atoms with Crippen LogP contribution in [0.4, 0.5) is 5.95 Å². The third-order valence-electron chi connectivity index (χ3n) is 4.07. The summed E-state index contributed by atoms with van der Waals surface area (Å²) in [5.74, 6) is 1.03. The average Bonchev–Trinajstić information content (AvgIpc) is 2.99. The van der Waals surface area contributed by atoms with Gasteiger partial charge in [0.05, 0.1) is 13.2 Å². The first-order valence-corrected chi connectivity index (χ1v) is 8.25. The van der Waals surface area contributed by atoms with Crippen molar-refractivity contribution in [3.05, 3.63) is 12.4 Å². The smallest absolute Gasteiger partial charge is 0.203 e. The lowest BCUT2D eigenvalue weighted by Crippen LogP contribution is -2.16. The van der Waals surface area contributed by atoms with Gasteiger partial charge in [-0.15, -0.1) is 0 Å². The quantitative estimate of drug-likeness (QED) is 0.673. The number of aromatic nitrogens is 2. The molecule has 1 aromatic heterocycles. The fourth-order valence-electron chi connectivity index (χ4n) is 2.88. The summed E-state index contributed by atoms with van der Waals surface area (Å²) in [6.45, 7) is 3.13. The fraction of sp³-hybridized carbons (Fsp3) is 0.812. The molecule has 0 aliphatic heterocycles. The van der Waals surface area contributed by atoms with Crippen LogP contribution in [-0.4, -0.2) is 43.0 Å². The van der Waals surface area contributed by atoms with Crippen LogP contribution in [0, 0.1) is 0 Å². The highest BCUT2D eigenvalue weighted by atomic mass is 16.5. The Bertz CT molecular complexity index is 375. The zero-order chi connectivity index (χ0) is 14.8. The molecule has 0 atom stereocenters. The normalized spacial score (nSPS) is 16.2. The first kappa shape index (κ1) is 16.3. The minimum Gasteiger partial charge on any atom is -0.382 e. The molecule has 1 N–H and O–H groups in total. The van der Waals surface area contributed by atoms with E-state index in [1.165, 1.54) is 32.1 Å². The zero-order valence-corrected chi connectivity index (χ0v) is 13.2. The number of unbranched alkanes of at least 4 members (excludes halogenated alkanes) is 1. The van der Waals surface area contributed by atoms with Crippen molar-refractivity contribution in [1.29, 1.82) is 0 Å². The van der Waals surface area contributed by atoms with Crippen LogP contribution in [0.25, 0.3) is 0 Å². The van der Waals surface area contributed by atoms with E-state index in [1.54, 1.807) is 7.11 Å². The summed E-state index contributed by atoms with van der Waals surface area (Å²) in [4.78, 5) is 4.45. The number of ether oxygens (including phenoxy) is 2. The van der Waals surface area contributed by atoms with Gasteiger partial charge >= 0.3 is 0 Å². The lowest BCUT2D eigenvalue weighted by Gasteiger charge is -2.24. The first-order chi connectivity index (χ1) is 10.4. The molecule has 0 spiro atoms. The monoisotopic (exact) mass is 295 g/mol. The Balaban J connectivity index is 1.61. The van der Waals surface area contributed by atoms with E-state index in [2.05, 4.69) is 21.1 Å². The average molecular weight is 295 g/mol. The maximum absolute atomic E-state index is 5.46. The standard InChI is InChI=1S/C16H29N3O2/c1-20-13-14-21-12-6-5-9-17-16-18-10-11-19(16)15-7-3-2-4-8-15/h10-11,15H,2-9,12-14H2,1H3,(H,17,18). The van der Waals surface area contributed by atoms with E-state index in [4.69, 9.17) is 9.47 Å². The zero-order valence-electron chi connectivity index (χ0n) is 13.2. The van der Waals surface area contributed by atoms with Gasteiger partial charge in [-0.3, -0.25) is 0 Å². The molecule has 5 nitrogen and oxygen atoms in total. The summed E-state index contributed by atoms with van der Waals surface area (Å²) < 4.78 is 12.7. The summed E-state index contributed by atoms with van der Waals surface area (Å²) in [6, 6.07) is 0.640. The second kappa shape index (κ2) is 9.79. The molecule has 21 heavy (non-hydrogen) atoms. The van der Waals surface area contributed by atoms with Crippen LogP contribution in [0.3, 0.4) is 0 Å². The van der Waals surface area contributed by atoms with Gasteiger partial charge in [0, 0.05) is 38.7 Å². The third kappa shape index (κ3) is 5.67. The Morgan fingerprint density at radius 1 is 1.19 bits per heavy atom. The van der Waals surface area contributed by atoms with E-state index >= 15 is 0 Å². The van der Waals surface area contributed by atoms with E-state index in [-0.39, 0.29) is 0 Å². The molecule has 0 unspecified atom stereocenters. The highest BCUT2D eigenvalue weighted by Gasteiger charge is 2.17. The van der Waals surface area contributed by atoms with E-state index < -0.39 is 0 Å². The lowest BCUT2D eigenvalue weighted by atomic mass is 9.95. The summed E-state index contributed by atoms with van der Waals surface area (Å²) in [7, 11) is 1.70. The molecule has 1 fully saturated rings. The van der Waals surface area contributed by atoms with Crippen LogP contribution in [-0.2, 0) is 9.47 Å². The molecule has 1 aliphatic rings. The third-order valence-corrected chi connectivity index (χ3v) is 4.07. The molecule has 1 aromatic rings. The largest absolute Gasteiger partial charge is 0.382 e. The van der Waals surface area contributed by atoms with Crippen molar-refractivity contribution in [2.24, 2.45) is 0 Å². The van der Waals surface area contributed by atoms with Gasteiger partial charge in [0.1, 0.15) is 0 Å². The van der Waals surface area contributed by atoms with Crippen molar-refractivity contribution >= 4 is 5.95 Å². The van der Waals surface area contributed by atoms with E-state index in [1.807, 2.05) is 6.20 Å². The van der Waals surface area contributed by atoms with Crippen molar-refractivity contribution in [3.8, 4) is 0 Å². The van der Waals surface area contributed by atoms with Crippen molar-refractivity contribution in [3.63, 3.8) is 0 Å². The maximum Gasteiger partial charge on any atom is 0.203 e. The topological polar surface area (TPSA) is 48.3 Å². The molecule has 2 rings (SSSR count). The van der Waals surface area contributed by atoms with Crippen LogP contribution >= 0.6 is 0 Å². The van der Waals surface area contributed by atoms with E-state index in [0.717, 1.165) is 31.9 Å². The Morgan fingerprint density at radius 3 is 2.86 bits per heavy atom. The second-order valence-electron chi connectivity index (χ2n) is 5.69. The minimum atomic E-state index is 0.640. The summed E-state index contributed by atoms with van der Waals surface area (Å²) in [5, 5.41) is 3.46. The van der Waals surface area contributed by atoms with Crippen LogP contribution < -0.4 is 5.32 Å². The molecule has 0 aromatic carbocycles. The van der Waals surface area contributed by atoms with Crippen molar-refractivity contribution in [2.75, 3.05) is 38.8 Å². The van der Waals surface area contributed by atoms with Gasteiger partial charge in [-0.25, -0.2) is 4.98 Å². The number of methoxy groups -OCH3 is 1. The SMILES string of the molecule is COCCOCCCCNc1nccn1C1CCCCC1. The predicted molar refractivity (Wildman–Crippen MR) is 84.8 cm³/mol. The molecule has 1 heterocycles. The maximum atomic E-state index is 5.46. The van der Waals surface area contributed by atoms with Crippen LogP contribution in [0.5, 0.6) is 0 Å². The first-order valence-electron chi connectivity index (χ1n) is 8.25. The van der Waals surface area contributed by atoms with Gasteiger partial charge < -0.3 is 19.4 Å². The van der Waals surface area contributed by atoms with Crippen LogP contribution in [0.2, 0.25) is 0 Å². The molecular formula is C16H29N3O2. The number of rotatable bonds is 10. The van der Waals surface area contributed by atoms with Gasteiger partial charge in [-0.1, -0.05) is 19.3 Å². The minimum absolute atomic E-state index is 0.640. The van der Waals surface area contributed by atoms with Crippen molar-refractivity contribution in [1.82, 2.24) is 9.55 Å². The summed E-state index contributed by atoms with van der Waals surface area (Å²) in [6.07, 6.45) is 12.9. The van der Waals surface area contributed by atoms with Crippen LogP contribution in [0.15, 0.2) is 12.4 Å². The molecule has 120 valence electrons. The Labute approximate surface area is 128 Å². The number of hydrogen-bond donors (Lipinski definition) is 1. The highest BCUT2D eigenvalue weighted by Crippen LogP contribution is 2.30. The second-order valence-corrected chi connectivity index (χ2v) is 5.69. The molecular weight excluding hydrogens is 266 g/mol. The van der Waals surface area contributed by atoms with E-state index in [0.29, 0.717) is 19.3 Å². The highest BCUT2D eigenvalue weighted by molar-refractivity contribution is 5.26. The summed E-state index contributed by atoms with van der Waals surface area (Å²) >= 11 is 0. The predicted octanol–water partition coefficient (Wildman–Crippen LogP) is 3.24. The summed E-state index contributed by atoms with van der Waals surface area (Å²) in [5.41, 5.74) is 0. The van der Waals surface area contributed by atoms with Gasteiger partial charge in [0.25, 0.3) is 0 Å². The molecule has 0 amide bonds. The molecule has 0 saturated heterocycles. The van der Waals surface area contributed by atoms with Gasteiger partial charge in [0.2, 0.25) is 5.95 Å². The van der Waals surface area contributed by atoms with Crippen molar-refractivity contribution in [2.45, 2.75) is 51.0 Å². The number of anilines is 1. The Kier molecular flexibility index (Phi) is 7.60. The van der Waals surface area contributed by atoms with Crippen molar-refractivity contribution < 1.29 is 9.47 Å². The number of nitrogens with one attached hydrogen (secondary N) is 1. The number of nitrogens with zero attached hydrogens (tertiary/aromatic N) is 2. The Hall–Kier alpha value is -1.07. The Morgan fingerprint density at radius 2 is 2.05 bits per heavy atom. The lowest BCUT2D eigenvalue weighted by molar-refractivity contribution is 0.0691. The number of imidazole rings is 1. The molecule has 0 bridgehead atoms. The van der Waals surface area contributed by atoms with Gasteiger partial charge in [-0.05, 0) is 25.7 Å². The fourth-order valence-corrected chi connectivity index (χ4v) is 2.88. The van der Waals surface area contributed by atoms with Gasteiger partial charge in [-0.2, -0.15) is 0 Å². The van der Waals surface area contributed by atoms with E-state index in [9.17, 15) is 0 Å². The number of hydrogen-bond acceptors (Lipinski definition) is 4. The van der Waals surface area contributed by atoms with Gasteiger partial charge in [0.15, 0.2) is 0 Å². The molecule has 1 aliphatic carbocycles. The molecule has 5 heteroatoms. The molecule has 0 radical (unpaired) electrons. The molecule has 1 saturated carbocycles.